The first-order valence-electron chi connectivity index (χ1n) is 7.71. The zero-order valence-electron chi connectivity index (χ0n) is 12.2. The highest BCUT2D eigenvalue weighted by Crippen LogP contribution is 2.21. The summed E-state index contributed by atoms with van der Waals surface area (Å²) >= 11 is 0. The van der Waals surface area contributed by atoms with E-state index in [9.17, 15) is 4.79 Å². The smallest absolute Gasteiger partial charge is 0.250 e. The van der Waals surface area contributed by atoms with Crippen molar-refractivity contribution in [1.82, 2.24) is 0 Å². The van der Waals surface area contributed by atoms with Crippen molar-refractivity contribution >= 4 is 22.4 Å². The van der Waals surface area contributed by atoms with E-state index in [0.29, 0.717) is 0 Å². The molecule has 0 saturated heterocycles. The molecule has 110 valence electrons. The van der Waals surface area contributed by atoms with Gasteiger partial charge in [-0.05, 0) is 35.7 Å². The van der Waals surface area contributed by atoms with Crippen LogP contribution in [0.3, 0.4) is 0 Å². The molecule has 0 bridgehead atoms. The van der Waals surface area contributed by atoms with Gasteiger partial charge in [0.25, 0.3) is 0 Å². The lowest BCUT2D eigenvalue weighted by Crippen LogP contribution is -2.24. The van der Waals surface area contributed by atoms with E-state index in [2.05, 4.69) is 11.4 Å². The molecule has 3 rings (SSSR count). The summed E-state index contributed by atoms with van der Waals surface area (Å²) in [6, 6.07) is 14.1. The fraction of sp³-hybridized carbons (Fsp3) is 0.389. The van der Waals surface area contributed by atoms with Gasteiger partial charge in [0.1, 0.15) is 6.61 Å². The van der Waals surface area contributed by atoms with Gasteiger partial charge in [-0.15, -0.1) is 0 Å². The van der Waals surface area contributed by atoms with Crippen LogP contribution in [0.25, 0.3) is 10.8 Å². The lowest BCUT2D eigenvalue weighted by molar-refractivity contribution is -0.123. The summed E-state index contributed by atoms with van der Waals surface area (Å²) < 4.78 is 5.69. The maximum atomic E-state index is 12.0. The Labute approximate surface area is 125 Å². The molecule has 3 heteroatoms. The molecule has 2 aromatic carbocycles. The summed E-state index contributed by atoms with van der Waals surface area (Å²) in [6.07, 6.45) is 6.17. The number of hydrogen-bond donors (Lipinski definition) is 1. The molecule has 1 amide bonds. The van der Waals surface area contributed by atoms with Crippen molar-refractivity contribution in [2.24, 2.45) is 0 Å². The van der Waals surface area contributed by atoms with Crippen LogP contribution in [-0.2, 0) is 9.53 Å². The van der Waals surface area contributed by atoms with Crippen LogP contribution in [0.4, 0.5) is 5.69 Å². The summed E-state index contributed by atoms with van der Waals surface area (Å²) in [6.45, 7) is 0.150. The molecule has 0 atom stereocenters. The number of anilines is 1. The van der Waals surface area contributed by atoms with Crippen molar-refractivity contribution in [2.75, 3.05) is 11.9 Å². The molecule has 1 saturated carbocycles. The van der Waals surface area contributed by atoms with Gasteiger partial charge >= 0.3 is 0 Å². The molecule has 0 heterocycles. The normalized spacial score (nSPS) is 16.0. The van der Waals surface area contributed by atoms with Crippen molar-refractivity contribution in [3.63, 3.8) is 0 Å². The zero-order valence-corrected chi connectivity index (χ0v) is 12.2. The maximum absolute atomic E-state index is 12.0. The van der Waals surface area contributed by atoms with Crippen LogP contribution in [0.15, 0.2) is 42.5 Å². The summed E-state index contributed by atoms with van der Waals surface area (Å²) in [7, 11) is 0. The molecule has 1 N–H and O–H groups in total. The highest BCUT2D eigenvalue weighted by Gasteiger charge is 2.15. The van der Waals surface area contributed by atoms with Crippen molar-refractivity contribution in [2.45, 2.75) is 38.2 Å². The van der Waals surface area contributed by atoms with E-state index in [1.807, 2.05) is 36.4 Å². The number of carbonyl (C=O) groups is 1. The van der Waals surface area contributed by atoms with Gasteiger partial charge in [0.2, 0.25) is 5.91 Å². The van der Waals surface area contributed by atoms with Crippen LogP contribution in [0.5, 0.6) is 0 Å². The third kappa shape index (κ3) is 3.82. The fourth-order valence-electron chi connectivity index (χ4n) is 2.89. The SMILES string of the molecule is O=C(COC1CCCCC1)Nc1ccc2ccccc2c1. The largest absolute Gasteiger partial charge is 0.368 e. The van der Waals surface area contributed by atoms with Gasteiger partial charge in [-0.25, -0.2) is 0 Å². The molecule has 1 fully saturated rings. The zero-order chi connectivity index (χ0) is 14.5. The Kier molecular flexibility index (Phi) is 4.51. The number of ether oxygens (including phenoxy) is 1. The van der Waals surface area contributed by atoms with Gasteiger partial charge in [0.05, 0.1) is 6.10 Å². The molecule has 0 aromatic heterocycles. The van der Waals surface area contributed by atoms with Crippen molar-refractivity contribution in [3.05, 3.63) is 42.5 Å². The van der Waals surface area contributed by atoms with Gasteiger partial charge in [0.15, 0.2) is 0 Å². The van der Waals surface area contributed by atoms with Crippen LogP contribution in [0.1, 0.15) is 32.1 Å². The average Bonchev–Trinajstić information content (AvgIpc) is 2.54. The van der Waals surface area contributed by atoms with Gasteiger partial charge in [-0.3, -0.25) is 4.79 Å². The third-order valence-corrected chi connectivity index (χ3v) is 4.04. The minimum absolute atomic E-state index is 0.0733. The Balaban J connectivity index is 1.55. The Morgan fingerprint density at radius 2 is 1.81 bits per heavy atom. The molecule has 3 nitrogen and oxygen atoms in total. The first kappa shape index (κ1) is 14.1. The van der Waals surface area contributed by atoms with Crippen LogP contribution in [0, 0.1) is 0 Å². The molecule has 1 aliphatic carbocycles. The van der Waals surface area contributed by atoms with Crippen LogP contribution < -0.4 is 5.32 Å². The second-order valence-electron chi connectivity index (χ2n) is 5.68. The summed E-state index contributed by atoms with van der Waals surface area (Å²) in [5.74, 6) is -0.0733. The van der Waals surface area contributed by atoms with Crippen molar-refractivity contribution < 1.29 is 9.53 Å². The van der Waals surface area contributed by atoms with Gasteiger partial charge in [-0.2, -0.15) is 0 Å². The minimum atomic E-state index is -0.0733. The maximum Gasteiger partial charge on any atom is 0.250 e. The van der Waals surface area contributed by atoms with E-state index < -0.39 is 0 Å². The van der Waals surface area contributed by atoms with E-state index in [-0.39, 0.29) is 18.6 Å². The molecular weight excluding hydrogens is 262 g/mol. The lowest BCUT2D eigenvalue weighted by Gasteiger charge is -2.21. The summed E-state index contributed by atoms with van der Waals surface area (Å²) in [4.78, 5) is 12.0. The second-order valence-corrected chi connectivity index (χ2v) is 5.68. The Morgan fingerprint density at radius 1 is 1.05 bits per heavy atom. The van der Waals surface area contributed by atoms with Crippen LogP contribution in [0.2, 0.25) is 0 Å². The topological polar surface area (TPSA) is 38.3 Å². The predicted molar refractivity (Wildman–Crippen MR) is 85.4 cm³/mol. The predicted octanol–water partition coefficient (Wildman–Crippen LogP) is 4.13. The van der Waals surface area contributed by atoms with Crippen LogP contribution in [-0.4, -0.2) is 18.6 Å². The average molecular weight is 283 g/mol. The number of hydrogen-bond acceptors (Lipinski definition) is 2. The fourth-order valence-corrected chi connectivity index (χ4v) is 2.89. The number of fused-ring (bicyclic) bond motifs is 1. The summed E-state index contributed by atoms with van der Waals surface area (Å²) in [5.41, 5.74) is 0.825. The first-order valence-corrected chi connectivity index (χ1v) is 7.71. The van der Waals surface area contributed by atoms with Crippen molar-refractivity contribution in [1.29, 1.82) is 0 Å². The summed E-state index contributed by atoms with van der Waals surface area (Å²) in [5, 5.41) is 5.21. The quantitative estimate of drug-likeness (QED) is 0.916. The molecule has 0 aliphatic heterocycles. The molecule has 0 spiro atoms. The van der Waals surface area contributed by atoms with E-state index in [0.717, 1.165) is 23.9 Å². The van der Waals surface area contributed by atoms with Gasteiger partial charge in [-0.1, -0.05) is 49.6 Å². The Bertz CT molecular complexity index is 617. The highest BCUT2D eigenvalue weighted by atomic mass is 16.5. The number of amides is 1. The number of nitrogens with one attached hydrogen (secondary N) is 1. The standard InChI is InChI=1S/C18H21NO2/c20-18(13-21-17-8-2-1-3-9-17)19-16-11-10-14-6-4-5-7-15(14)12-16/h4-7,10-12,17H,1-3,8-9,13H2,(H,19,20). The van der Waals surface area contributed by atoms with E-state index in [1.165, 1.54) is 24.6 Å². The molecule has 0 radical (unpaired) electrons. The van der Waals surface area contributed by atoms with E-state index in [4.69, 9.17) is 4.74 Å². The third-order valence-electron chi connectivity index (χ3n) is 4.04. The molecular formula is C18H21NO2. The second kappa shape index (κ2) is 6.72. The highest BCUT2D eigenvalue weighted by molar-refractivity contribution is 5.95. The number of rotatable bonds is 4. The molecule has 21 heavy (non-hydrogen) atoms. The van der Waals surface area contributed by atoms with Gasteiger partial charge in [0, 0.05) is 5.69 Å². The van der Waals surface area contributed by atoms with Crippen LogP contribution >= 0.6 is 0 Å². The minimum Gasteiger partial charge on any atom is -0.368 e. The van der Waals surface area contributed by atoms with E-state index >= 15 is 0 Å². The van der Waals surface area contributed by atoms with E-state index in [1.54, 1.807) is 0 Å². The molecule has 0 unspecified atom stereocenters. The monoisotopic (exact) mass is 283 g/mol. The molecule has 2 aromatic rings. The number of benzene rings is 2. The Morgan fingerprint density at radius 3 is 2.62 bits per heavy atom. The van der Waals surface area contributed by atoms with Gasteiger partial charge < -0.3 is 10.1 Å². The number of carbonyl (C=O) groups excluding carboxylic acids is 1. The first-order chi connectivity index (χ1) is 10.3. The van der Waals surface area contributed by atoms with Crippen molar-refractivity contribution in [3.8, 4) is 0 Å². The molecule has 1 aliphatic rings. The lowest BCUT2D eigenvalue weighted by atomic mass is 9.98. The Hall–Kier alpha value is -1.87.